The number of likely N-dealkylation sites (N-methyl/N-ethyl adjacent to an activating group) is 1. The number of nitrogens with zero attached hydrogens (tertiary/aromatic N) is 2. The second-order valence-corrected chi connectivity index (χ2v) is 10.7. The molecule has 0 aromatic heterocycles. The van der Waals surface area contributed by atoms with Crippen LogP contribution in [0.5, 0.6) is 0 Å². The first-order chi connectivity index (χ1) is 18.2. The summed E-state index contributed by atoms with van der Waals surface area (Å²) >= 11 is 0. The summed E-state index contributed by atoms with van der Waals surface area (Å²) in [7, 11) is 1.56. The monoisotopic (exact) mass is 551 g/mol. The molecule has 2 heterocycles. The molecule has 39 heavy (non-hydrogen) atoms. The van der Waals surface area contributed by atoms with Crippen LogP contribution >= 0.6 is 0 Å². The maximum Gasteiger partial charge on any atom is 0.329 e. The molecule has 13 heteroatoms. The van der Waals surface area contributed by atoms with Gasteiger partial charge in [0.25, 0.3) is 5.91 Å². The van der Waals surface area contributed by atoms with Crippen molar-refractivity contribution in [3.05, 3.63) is 0 Å². The number of ether oxygens (including phenoxy) is 1. The Morgan fingerprint density at radius 2 is 1.82 bits per heavy atom. The van der Waals surface area contributed by atoms with Gasteiger partial charge in [0.1, 0.15) is 18.1 Å². The summed E-state index contributed by atoms with van der Waals surface area (Å²) in [5.74, 6) is -3.43. The van der Waals surface area contributed by atoms with E-state index in [-0.39, 0.29) is 55.7 Å². The van der Waals surface area contributed by atoms with Gasteiger partial charge in [0.2, 0.25) is 23.6 Å². The third-order valence-electron chi connectivity index (χ3n) is 7.03. The lowest BCUT2D eigenvalue weighted by molar-refractivity contribution is -0.163. The normalized spacial score (nSPS) is 21.1. The Hall–Kier alpha value is -3.51. The van der Waals surface area contributed by atoms with Crippen LogP contribution in [0.15, 0.2) is 0 Å². The van der Waals surface area contributed by atoms with Crippen LogP contribution < -0.4 is 16.4 Å². The second-order valence-electron chi connectivity index (χ2n) is 10.7. The van der Waals surface area contributed by atoms with Gasteiger partial charge >= 0.3 is 5.97 Å². The number of carbonyl (C=O) groups is 7. The van der Waals surface area contributed by atoms with Crippen molar-refractivity contribution in [2.24, 2.45) is 11.7 Å². The highest BCUT2D eigenvalue weighted by Gasteiger charge is 2.41. The highest BCUT2D eigenvalue weighted by atomic mass is 16.5. The number of esters is 1. The zero-order valence-corrected chi connectivity index (χ0v) is 23.4. The fraction of sp³-hybridized carbons (Fsp3) is 0.731. The van der Waals surface area contributed by atoms with E-state index < -0.39 is 54.0 Å². The SMILES string of the molecule is CC(=O)[C@H](CC(C)C)N(C)C(=O)[C@@H]1CCCN1C(=O)[C@H](C)OC(=O)[C@H](CCC(N)=O)NC(=O)[C@@H]1CCC(=O)N1. The zero-order chi connectivity index (χ0) is 29.4. The molecule has 0 saturated carbocycles. The molecule has 2 saturated heterocycles. The minimum atomic E-state index is -1.28. The van der Waals surface area contributed by atoms with Crippen LogP contribution in [-0.2, 0) is 38.3 Å². The first-order valence-electron chi connectivity index (χ1n) is 13.4. The van der Waals surface area contributed by atoms with Gasteiger partial charge in [-0.2, -0.15) is 0 Å². The Morgan fingerprint density at radius 3 is 2.36 bits per heavy atom. The van der Waals surface area contributed by atoms with Crippen molar-refractivity contribution in [2.75, 3.05) is 13.6 Å². The summed E-state index contributed by atoms with van der Waals surface area (Å²) in [6, 6.07) is -3.49. The van der Waals surface area contributed by atoms with E-state index >= 15 is 0 Å². The maximum absolute atomic E-state index is 13.3. The van der Waals surface area contributed by atoms with E-state index in [1.165, 1.54) is 23.6 Å². The predicted octanol–water partition coefficient (Wildman–Crippen LogP) is -0.600. The van der Waals surface area contributed by atoms with Crippen LogP contribution in [0.2, 0.25) is 0 Å². The van der Waals surface area contributed by atoms with E-state index in [4.69, 9.17) is 10.5 Å². The van der Waals surface area contributed by atoms with Crippen molar-refractivity contribution in [2.45, 2.75) is 103 Å². The van der Waals surface area contributed by atoms with Gasteiger partial charge in [0.15, 0.2) is 11.9 Å². The van der Waals surface area contributed by atoms with E-state index in [0.717, 1.165) is 0 Å². The van der Waals surface area contributed by atoms with Crippen molar-refractivity contribution in [3.8, 4) is 0 Å². The number of hydrogen-bond acceptors (Lipinski definition) is 8. The topological polar surface area (TPSA) is 185 Å². The molecule has 218 valence electrons. The highest BCUT2D eigenvalue weighted by molar-refractivity contribution is 5.95. The maximum atomic E-state index is 13.3. The number of likely N-dealkylation sites (tertiary alicyclic amines) is 1. The summed E-state index contributed by atoms with van der Waals surface area (Å²) < 4.78 is 5.37. The number of nitrogens with one attached hydrogen (secondary N) is 2. The van der Waals surface area contributed by atoms with Gasteiger partial charge in [0.05, 0.1) is 6.04 Å². The standard InChI is InChI=1S/C26H41N5O8/c1-14(2)13-20(15(3)32)30(5)25(37)19-7-6-12-31(19)24(36)16(4)39-26(38)18(8-10-21(27)33)29-23(35)17-9-11-22(34)28-17/h14,16-20H,6-13H2,1-5H3,(H2,27,33)(H,28,34)(H,29,35)/t16-,17-,18-,19-,20-/m0/s1. The number of primary amides is 1. The van der Waals surface area contributed by atoms with Crippen molar-refractivity contribution in [1.82, 2.24) is 20.4 Å². The number of ketones is 1. The number of carbonyl (C=O) groups excluding carboxylic acids is 7. The van der Waals surface area contributed by atoms with Crippen molar-refractivity contribution in [1.29, 1.82) is 0 Å². The number of Topliss-reactive ketones (excluding diaryl/α,β-unsaturated/α-hetero) is 1. The smallest absolute Gasteiger partial charge is 0.329 e. The summed E-state index contributed by atoms with van der Waals surface area (Å²) in [4.78, 5) is 89.7. The molecule has 13 nitrogen and oxygen atoms in total. The molecule has 0 aliphatic carbocycles. The third-order valence-corrected chi connectivity index (χ3v) is 7.03. The lowest BCUT2D eigenvalue weighted by atomic mass is 9.99. The molecule has 4 N–H and O–H groups in total. The van der Waals surface area contributed by atoms with Crippen LogP contribution in [0.3, 0.4) is 0 Å². The molecule has 2 aliphatic heterocycles. The Kier molecular flexibility index (Phi) is 11.4. The molecule has 0 spiro atoms. The predicted molar refractivity (Wildman–Crippen MR) is 139 cm³/mol. The molecular weight excluding hydrogens is 510 g/mol. The molecule has 2 fully saturated rings. The molecule has 0 radical (unpaired) electrons. The van der Waals surface area contributed by atoms with Crippen LogP contribution in [0.25, 0.3) is 0 Å². The summed E-state index contributed by atoms with van der Waals surface area (Å²) in [6.45, 7) is 7.00. The number of rotatable bonds is 13. The molecule has 5 amide bonds. The zero-order valence-electron chi connectivity index (χ0n) is 23.4. The van der Waals surface area contributed by atoms with Gasteiger partial charge in [-0.15, -0.1) is 0 Å². The molecule has 2 rings (SSSR count). The summed E-state index contributed by atoms with van der Waals surface area (Å²) in [6.07, 6.45) is 0.251. The summed E-state index contributed by atoms with van der Waals surface area (Å²) in [5, 5.41) is 4.97. The molecule has 5 atom stereocenters. The van der Waals surface area contributed by atoms with Gasteiger partial charge in [0, 0.05) is 26.4 Å². The molecule has 0 bridgehead atoms. The minimum Gasteiger partial charge on any atom is -0.451 e. The average Bonchev–Trinajstić information content (AvgIpc) is 3.52. The third kappa shape index (κ3) is 8.75. The van der Waals surface area contributed by atoms with Crippen LogP contribution in [0.1, 0.15) is 72.6 Å². The molecular formula is C26H41N5O8. The minimum absolute atomic E-state index is 0.140. The van der Waals surface area contributed by atoms with Gasteiger partial charge in [-0.1, -0.05) is 13.8 Å². The fourth-order valence-electron chi connectivity index (χ4n) is 4.88. The molecule has 2 aliphatic rings. The van der Waals surface area contributed by atoms with E-state index in [2.05, 4.69) is 10.6 Å². The van der Waals surface area contributed by atoms with Crippen molar-refractivity contribution >= 4 is 41.3 Å². The average molecular weight is 552 g/mol. The Morgan fingerprint density at radius 1 is 1.15 bits per heavy atom. The lowest BCUT2D eigenvalue weighted by Gasteiger charge is -2.33. The van der Waals surface area contributed by atoms with Gasteiger partial charge in [-0.05, 0) is 51.9 Å². The quantitative estimate of drug-likeness (QED) is 0.253. The lowest BCUT2D eigenvalue weighted by Crippen LogP contribution is -2.54. The first kappa shape index (κ1) is 31.7. The second kappa shape index (κ2) is 14.0. The van der Waals surface area contributed by atoms with Gasteiger partial charge < -0.3 is 30.9 Å². The Bertz CT molecular complexity index is 983. The number of nitrogens with two attached hydrogens (primary N) is 1. The van der Waals surface area contributed by atoms with E-state index in [9.17, 15) is 33.6 Å². The fourth-order valence-corrected chi connectivity index (χ4v) is 4.88. The van der Waals surface area contributed by atoms with E-state index in [1.807, 2.05) is 13.8 Å². The molecule has 0 unspecified atom stereocenters. The van der Waals surface area contributed by atoms with Crippen LogP contribution in [0, 0.1) is 5.92 Å². The first-order valence-corrected chi connectivity index (χ1v) is 13.4. The number of hydrogen-bond donors (Lipinski definition) is 3. The summed E-state index contributed by atoms with van der Waals surface area (Å²) in [5.41, 5.74) is 5.20. The molecule has 0 aromatic rings. The van der Waals surface area contributed by atoms with Crippen LogP contribution in [-0.4, -0.2) is 95.0 Å². The van der Waals surface area contributed by atoms with Crippen LogP contribution in [0.4, 0.5) is 0 Å². The van der Waals surface area contributed by atoms with Gasteiger partial charge in [-0.25, -0.2) is 4.79 Å². The van der Waals surface area contributed by atoms with E-state index in [1.54, 1.807) is 7.05 Å². The largest absolute Gasteiger partial charge is 0.451 e. The number of amides is 5. The Labute approximate surface area is 228 Å². The van der Waals surface area contributed by atoms with Gasteiger partial charge in [-0.3, -0.25) is 28.8 Å². The van der Waals surface area contributed by atoms with Crippen molar-refractivity contribution < 1.29 is 38.3 Å². The molecule has 0 aromatic carbocycles. The Balaban J connectivity index is 2.08. The highest BCUT2D eigenvalue weighted by Crippen LogP contribution is 2.23. The van der Waals surface area contributed by atoms with E-state index in [0.29, 0.717) is 19.3 Å². The van der Waals surface area contributed by atoms with Crippen molar-refractivity contribution in [3.63, 3.8) is 0 Å².